The van der Waals surface area contributed by atoms with Crippen LogP contribution in [0.2, 0.25) is 0 Å². The van der Waals surface area contributed by atoms with Gasteiger partial charge in [0.1, 0.15) is 11.5 Å². The quantitative estimate of drug-likeness (QED) is 0.801. The number of sulfonamides is 1. The molecule has 2 N–H and O–H groups in total. The Labute approximate surface area is 143 Å². The van der Waals surface area contributed by atoms with Crippen molar-refractivity contribution in [3.63, 3.8) is 0 Å². The van der Waals surface area contributed by atoms with E-state index in [1.54, 1.807) is 25.1 Å². The van der Waals surface area contributed by atoms with Crippen molar-refractivity contribution in [2.24, 2.45) is 0 Å². The first-order chi connectivity index (χ1) is 11.2. The van der Waals surface area contributed by atoms with Gasteiger partial charge in [-0.2, -0.15) is 0 Å². The molecule has 0 saturated heterocycles. The fourth-order valence-electron chi connectivity index (χ4n) is 2.58. The molecule has 0 saturated carbocycles. The predicted molar refractivity (Wildman–Crippen MR) is 93.5 cm³/mol. The molecule has 5 nitrogen and oxygen atoms in total. The second-order valence-electron chi connectivity index (χ2n) is 6.29. The predicted octanol–water partition coefficient (Wildman–Crippen LogP) is 3.42. The minimum absolute atomic E-state index is 0.152. The Kier molecular flexibility index (Phi) is 5.85. The monoisotopic (exact) mass is 351 g/mol. The van der Waals surface area contributed by atoms with E-state index < -0.39 is 16.1 Å². The Morgan fingerprint density at radius 2 is 1.79 bits per heavy atom. The van der Waals surface area contributed by atoms with E-state index in [1.807, 2.05) is 19.1 Å². The highest BCUT2D eigenvalue weighted by Gasteiger charge is 2.17. The third-order valence-electron chi connectivity index (χ3n) is 4.01. The van der Waals surface area contributed by atoms with Crippen LogP contribution in [0.25, 0.3) is 0 Å². The zero-order chi connectivity index (χ0) is 17.9. The highest BCUT2D eigenvalue weighted by atomic mass is 32.2. The van der Waals surface area contributed by atoms with Gasteiger partial charge < -0.3 is 9.52 Å². The number of aryl methyl sites for hydroxylation is 2. The normalized spacial score (nSPS) is 13.4. The van der Waals surface area contributed by atoms with Crippen molar-refractivity contribution in [1.82, 2.24) is 4.72 Å². The molecule has 1 heterocycles. The van der Waals surface area contributed by atoms with Crippen molar-refractivity contribution >= 4 is 10.0 Å². The van der Waals surface area contributed by atoms with Crippen molar-refractivity contribution in [2.45, 2.75) is 51.0 Å². The van der Waals surface area contributed by atoms with Crippen LogP contribution in [0, 0.1) is 13.8 Å². The van der Waals surface area contributed by atoms with Gasteiger partial charge in [-0.25, -0.2) is 13.1 Å². The maximum absolute atomic E-state index is 12.3. The number of aliphatic hydroxyl groups is 1. The van der Waals surface area contributed by atoms with Crippen LogP contribution >= 0.6 is 0 Å². The van der Waals surface area contributed by atoms with Gasteiger partial charge in [-0.3, -0.25) is 0 Å². The lowest BCUT2D eigenvalue weighted by molar-refractivity contribution is 0.167. The summed E-state index contributed by atoms with van der Waals surface area (Å²) in [4.78, 5) is 0.233. The molecule has 0 aliphatic carbocycles. The standard InChI is InChI=1S/C18H25NO4S/c1-12(2)15-5-7-16(8-6-15)24(21,22)19-10-9-18(20)17-11-13(3)23-14(17)4/h5-8,11-12,18-20H,9-10H2,1-4H3. The molecule has 0 bridgehead atoms. The van der Waals surface area contributed by atoms with E-state index >= 15 is 0 Å². The van der Waals surface area contributed by atoms with E-state index in [9.17, 15) is 13.5 Å². The number of hydrogen-bond donors (Lipinski definition) is 2. The third-order valence-corrected chi connectivity index (χ3v) is 5.48. The first-order valence-electron chi connectivity index (χ1n) is 8.05. The lowest BCUT2D eigenvalue weighted by Gasteiger charge is -2.12. The van der Waals surface area contributed by atoms with E-state index in [0.29, 0.717) is 17.2 Å². The molecule has 1 unspecified atom stereocenters. The highest BCUT2D eigenvalue weighted by molar-refractivity contribution is 7.89. The van der Waals surface area contributed by atoms with E-state index in [2.05, 4.69) is 18.6 Å². The van der Waals surface area contributed by atoms with Gasteiger partial charge in [0.25, 0.3) is 0 Å². The summed E-state index contributed by atoms with van der Waals surface area (Å²) in [6, 6.07) is 8.64. The van der Waals surface area contributed by atoms with Crippen LogP contribution < -0.4 is 4.72 Å². The molecule has 1 aromatic heterocycles. The fraction of sp³-hybridized carbons (Fsp3) is 0.444. The van der Waals surface area contributed by atoms with Gasteiger partial charge in [0, 0.05) is 12.1 Å². The van der Waals surface area contributed by atoms with Crippen LogP contribution in [-0.4, -0.2) is 20.1 Å². The Morgan fingerprint density at radius 1 is 1.17 bits per heavy atom. The number of nitrogens with one attached hydrogen (secondary N) is 1. The zero-order valence-electron chi connectivity index (χ0n) is 14.5. The first-order valence-corrected chi connectivity index (χ1v) is 9.53. The Morgan fingerprint density at radius 3 is 2.29 bits per heavy atom. The van der Waals surface area contributed by atoms with E-state index in [0.717, 1.165) is 11.3 Å². The van der Waals surface area contributed by atoms with Crippen molar-refractivity contribution in [1.29, 1.82) is 0 Å². The maximum atomic E-state index is 12.3. The van der Waals surface area contributed by atoms with Gasteiger partial charge in [-0.05, 0) is 49.9 Å². The zero-order valence-corrected chi connectivity index (χ0v) is 15.4. The summed E-state index contributed by atoms with van der Waals surface area (Å²) in [6.45, 7) is 7.86. The Balaban J connectivity index is 1.96. The second kappa shape index (κ2) is 7.51. The van der Waals surface area contributed by atoms with Crippen LogP contribution in [0.5, 0.6) is 0 Å². The van der Waals surface area contributed by atoms with E-state index in [4.69, 9.17) is 4.42 Å². The maximum Gasteiger partial charge on any atom is 0.240 e. The summed E-state index contributed by atoms with van der Waals surface area (Å²) in [7, 11) is -3.57. The number of rotatable bonds is 7. The topological polar surface area (TPSA) is 79.5 Å². The van der Waals surface area contributed by atoms with Gasteiger partial charge in [0.2, 0.25) is 10.0 Å². The molecule has 0 spiro atoms. The van der Waals surface area contributed by atoms with Crippen molar-refractivity contribution in [2.75, 3.05) is 6.54 Å². The Bertz CT molecular complexity index is 776. The molecule has 0 fully saturated rings. The largest absolute Gasteiger partial charge is 0.466 e. The van der Waals surface area contributed by atoms with Crippen molar-refractivity contribution in [3.8, 4) is 0 Å². The molecule has 6 heteroatoms. The lowest BCUT2D eigenvalue weighted by atomic mass is 10.0. The van der Waals surface area contributed by atoms with Gasteiger partial charge >= 0.3 is 0 Å². The lowest BCUT2D eigenvalue weighted by Crippen LogP contribution is -2.26. The van der Waals surface area contributed by atoms with Crippen LogP contribution in [0.15, 0.2) is 39.6 Å². The molecule has 0 amide bonds. The average Bonchev–Trinajstić information content (AvgIpc) is 2.85. The molecule has 2 rings (SSSR count). The molecular formula is C18H25NO4S. The molecule has 1 aromatic carbocycles. The number of aliphatic hydroxyl groups excluding tert-OH is 1. The average molecular weight is 351 g/mol. The highest BCUT2D eigenvalue weighted by Crippen LogP contribution is 2.24. The molecule has 132 valence electrons. The summed E-state index contributed by atoms with van der Waals surface area (Å²) in [5, 5.41) is 10.2. The van der Waals surface area contributed by atoms with Crippen LogP contribution in [0.4, 0.5) is 0 Å². The molecule has 0 radical (unpaired) electrons. The SMILES string of the molecule is Cc1cc(C(O)CCNS(=O)(=O)c2ccc(C(C)C)cc2)c(C)o1. The fourth-order valence-corrected chi connectivity index (χ4v) is 3.63. The first kappa shape index (κ1) is 18.7. The molecular weight excluding hydrogens is 326 g/mol. The molecule has 2 aromatic rings. The molecule has 0 aliphatic heterocycles. The van der Waals surface area contributed by atoms with E-state index in [1.165, 1.54) is 0 Å². The minimum atomic E-state index is -3.57. The number of hydrogen-bond acceptors (Lipinski definition) is 4. The van der Waals surface area contributed by atoms with Crippen LogP contribution in [-0.2, 0) is 10.0 Å². The van der Waals surface area contributed by atoms with Crippen LogP contribution in [0.1, 0.15) is 54.9 Å². The summed E-state index contributed by atoms with van der Waals surface area (Å²) in [5.74, 6) is 1.74. The minimum Gasteiger partial charge on any atom is -0.466 e. The van der Waals surface area contributed by atoms with Gasteiger partial charge in [0.15, 0.2) is 0 Å². The van der Waals surface area contributed by atoms with Gasteiger partial charge in [-0.1, -0.05) is 26.0 Å². The summed E-state index contributed by atoms with van der Waals surface area (Å²) in [6.07, 6.45) is -0.475. The van der Waals surface area contributed by atoms with Gasteiger partial charge in [0.05, 0.1) is 11.0 Å². The molecule has 1 atom stereocenters. The second-order valence-corrected chi connectivity index (χ2v) is 8.06. The van der Waals surface area contributed by atoms with Crippen LogP contribution in [0.3, 0.4) is 0 Å². The van der Waals surface area contributed by atoms with E-state index in [-0.39, 0.29) is 17.9 Å². The summed E-state index contributed by atoms with van der Waals surface area (Å²) >= 11 is 0. The van der Waals surface area contributed by atoms with Gasteiger partial charge in [-0.15, -0.1) is 0 Å². The Hall–Kier alpha value is -1.63. The molecule has 24 heavy (non-hydrogen) atoms. The number of benzene rings is 1. The third kappa shape index (κ3) is 4.47. The molecule has 0 aliphatic rings. The summed E-state index contributed by atoms with van der Waals surface area (Å²) < 4.78 is 32.5. The smallest absolute Gasteiger partial charge is 0.240 e. The van der Waals surface area contributed by atoms with Crippen molar-refractivity contribution < 1.29 is 17.9 Å². The number of furan rings is 1. The summed E-state index contributed by atoms with van der Waals surface area (Å²) in [5.41, 5.74) is 1.79. The van der Waals surface area contributed by atoms with Crippen molar-refractivity contribution in [3.05, 3.63) is 53.0 Å².